The summed E-state index contributed by atoms with van der Waals surface area (Å²) < 4.78 is 8.13. The summed E-state index contributed by atoms with van der Waals surface area (Å²) in [6, 6.07) is 11.4. The predicted molar refractivity (Wildman–Crippen MR) is 133 cm³/mol. The van der Waals surface area contributed by atoms with Gasteiger partial charge in [0, 0.05) is 25.5 Å². The van der Waals surface area contributed by atoms with Gasteiger partial charge in [0.15, 0.2) is 5.13 Å². The van der Waals surface area contributed by atoms with Crippen LogP contribution in [-0.2, 0) is 17.8 Å². The molecule has 2 heterocycles. The molecule has 0 aliphatic heterocycles. The zero-order chi connectivity index (χ0) is 21.8. The number of aryl methyl sites for hydroxylation is 2. The van der Waals surface area contributed by atoms with Crippen molar-refractivity contribution in [3.05, 3.63) is 71.3 Å². The number of thiazole rings is 1. The molecule has 2 aromatic carbocycles. The molecule has 0 saturated carbocycles. The van der Waals surface area contributed by atoms with E-state index in [1.54, 1.807) is 24.5 Å². The zero-order valence-corrected chi connectivity index (χ0v) is 20.2. The molecule has 0 unspecified atom stereocenters. The number of aromatic nitrogens is 3. The van der Waals surface area contributed by atoms with Crippen LogP contribution in [0.25, 0.3) is 10.2 Å². The maximum absolute atomic E-state index is 13.3. The van der Waals surface area contributed by atoms with Crippen LogP contribution in [0.15, 0.2) is 55.1 Å². The number of hydrogen-bond acceptors (Lipinski definition) is 5. The molecule has 0 saturated heterocycles. The molecule has 4 aromatic rings. The number of rotatable bonds is 8. The number of fused-ring (bicyclic) bond motifs is 1. The number of imidazole rings is 1. The van der Waals surface area contributed by atoms with Gasteiger partial charge >= 0.3 is 0 Å². The molecule has 0 fully saturated rings. The highest BCUT2D eigenvalue weighted by atomic mass is 35.5. The fraction of sp³-hybridized carbons (Fsp3) is 0.261. The first-order valence-electron chi connectivity index (χ1n) is 10.00. The molecule has 9 heteroatoms. The lowest BCUT2D eigenvalue weighted by molar-refractivity contribution is -0.118. The number of benzene rings is 2. The molecule has 168 valence electrons. The number of carbonyl (C=O) groups is 1. The van der Waals surface area contributed by atoms with E-state index in [1.807, 2.05) is 54.1 Å². The Balaban J connectivity index is 0.00000289. The van der Waals surface area contributed by atoms with Gasteiger partial charge in [-0.1, -0.05) is 41.1 Å². The third-order valence-electron chi connectivity index (χ3n) is 5.09. The minimum Gasteiger partial charge on any atom is -0.497 e. The van der Waals surface area contributed by atoms with Gasteiger partial charge in [0.1, 0.15) is 5.75 Å². The van der Waals surface area contributed by atoms with Crippen molar-refractivity contribution in [2.24, 2.45) is 0 Å². The van der Waals surface area contributed by atoms with Crippen LogP contribution in [0.5, 0.6) is 5.75 Å². The molecule has 6 nitrogen and oxygen atoms in total. The molecule has 1 amide bonds. The van der Waals surface area contributed by atoms with Crippen molar-refractivity contribution in [1.82, 2.24) is 14.5 Å². The Bertz CT molecular complexity index is 1140. The average Bonchev–Trinajstić information content (AvgIpc) is 3.45. The topological polar surface area (TPSA) is 60.2 Å². The van der Waals surface area contributed by atoms with Crippen molar-refractivity contribution >= 4 is 56.6 Å². The van der Waals surface area contributed by atoms with Crippen molar-refractivity contribution in [2.75, 3.05) is 18.6 Å². The van der Waals surface area contributed by atoms with Gasteiger partial charge in [-0.3, -0.25) is 9.69 Å². The van der Waals surface area contributed by atoms with E-state index in [0.717, 1.165) is 40.1 Å². The molecule has 0 N–H and O–H groups in total. The number of ether oxygens (including phenoxy) is 1. The molecule has 32 heavy (non-hydrogen) atoms. The van der Waals surface area contributed by atoms with E-state index in [0.29, 0.717) is 16.7 Å². The minimum atomic E-state index is 0. The summed E-state index contributed by atoms with van der Waals surface area (Å²) in [5.74, 6) is 0.772. The molecular formula is C23H24Cl2N4O2S. The maximum atomic E-state index is 13.3. The SMILES string of the molecule is COc1ccc(CC(=O)N(CCCn2ccnc2)c2nc3c(C)ccc(Cl)c3s2)cc1.Cl. The number of halogens is 2. The molecule has 0 aliphatic rings. The fourth-order valence-corrected chi connectivity index (χ4v) is 4.74. The van der Waals surface area contributed by atoms with Crippen LogP contribution in [0.2, 0.25) is 5.02 Å². The van der Waals surface area contributed by atoms with Gasteiger partial charge in [-0.25, -0.2) is 9.97 Å². The van der Waals surface area contributed by atoms with Crippen molar-refractivity contribution in [1.29, 1.82) is 0 Å². The Hall–Kier alpha value is -2.61. The summed E-state index contributed by atoms with van der Waals surface area (Å²) in [4.78, 5) is 24.0. The van der Waals surface area contributed by atoms with Gasteiger partial charge in [-0.15, -0.1) is 12.4 Å². The van der Waals surface area contributed by atoms with E-state index in [2.05, 4.69) is 4.98 Å². The number of carbonyl (C=O) groups excluding carboxylic acids is 1. The molecule has 4 rings (SSSR count). The van der Waals surface area contributed by atoms with Crippen LogP contribution in [0.1, 0.15) is 17.5 Å². The highest BCUT2D eigenvalue weighted by Crippen LogP contribution is 2.36. The van der Waals surface area contributed by atoms with Gasteiger partial charge < -0.3 is 9.30 Å². The van der Waals surface area contributed by atoms with E-state index in [4.69, 9.17) is 21.3 Å². The zero-order valence-electron chi connectivity index (χ0n) is 17.8. The summed E-state index contributed by atoms with van der Waals surface area (Å²) in [6.07, 6.45) is 6.53. The highest BCUT2D eigenvalue weighted by Gasteiger charge is 2.21. The normalized spacial score (nSPS) is 10.7. The molecular weight excluding hydrogens is 467 g/mol. The lowest BCUT2D eigenvalue weighted by atomic mass is 10.1. The summed E-state index contributed by atoms with van der Waals surface area (Å²) >= 11 is 7.86. The first-order chi connectivity index (χ1) is 15.0. The quantitative estimate of drug-likeness (QED) is 0.324. The van der Waals surface area contributed by atoms with Gasteiger partial charge in [0.2, 0.25) is 5.91 Å². The number of hydrogen-bond donors (Lipinski definition) is 0. The lowest BCUT2D eigenvalue weighted by Crippen LogP contribution is -2.33. The van der Waals surface area contributed by atoms with Crippen LogP contribution in [0, 0.1) is 6.92 Å². The molecule has 0 aliphatic carbocycles. The Labute approximate surface area is 202 Å². The molecule has 0 atom stereocenters. The molecule has 2 aromatic heterocycles. The second-order valence-corrected chi connectivity index (χ2v) is 8.65. The molecule has 0 spiro atoms. The second-order valence-electron chi connectivity index (χ2n) is 7.26. The smallest absolute Gasteiger partial charge is 0.233 e. The third-order valence-corrected chi connectivity index (χ3v) is 6.63. The number of methoxy groups -OCH3 is 1. The lowest BCUT2D eigenvalue weighted by Gasteiger charge is -2.20. The van der Waals surface area contributed by atoms with Crippen LogP contribution in [0.3, 0.4) is 0 Å². The van der Waals surface area contributed by atoms with Gasteiger partial charge in [-0.2, -0.15) is 0 Å². The number of nitrogens with zero attached hydrogens (tertiary/aromatic N) is 4. The van der Waals surface area contributed by atoms with E-state index >= 15 is 0 Å². The van der Waals surface area contributed by atoms with Crippen LogP contribution in [0.4, 0.5) is 5.13 Å². The minimum absolute atomic E-state index is 0. The summed E-state index contributed by atoms with van der Waals surface area (Å²) in [6.45, 7) is 3.34. The van der Waals surface area contributed by atoms with Gasteiger partial charge in [0.05, 0.1) is 35.1 Å². The van der Waals surface area contributed by atoms with Crippen molar-refractivity contribution in [3.8, 4) is 5.75 Å². The van der Waals surface area contributed by atoms with Crippen molar-refractivity contribution in [3.63, 3.8) is 0 Å². The largest absolute Gasteiger partial charge is 0.497 e. The first-order valence-corrected chi connectivity index (χ1v) is 11.2. The predicted octanol–water partition coefficient (Wildman–Crippen LogP) is 5.55. The van der Waals surface area contributed by atoms with E-state index < -0.39 is 0 Å². The monoisotopic (exact) mass is 490 g/mol. The second kappa shape index (κ2) is 10.8. The van der Waals surface area contributed by atoms with E-state index in [-0.39, 0.29) is 24.7 Å². The van der Waals surface area contributed by atoms with Crippen LogP contribution >= 0.6 is 35.3 Å². The fourth-order valence-electron chi connectivity index (χ4n) is 3.38. The van der Waals surface area contributed by atoms with Crippen molar-refractivity contribution < 1.29 is 9.53 Å². The first kappa shape index (κ1) is 24.0. The van der Waals surface area contributed by atoms with Crippen LogP contribution in [-0.4, -0.2) is 34.1 Å². The Morgan fingerprint density at radius 3 is 2.66 bits per heavy atom. The Morgan fingerprint density at radius 2 is 2.00 bits per heavy atom. The standard InChI is InChI=1S/C23H23ClN4O2S.ClH/c1-16-4-9-19(24)22-21(16)26-23(31-22)28(12-3-11-27-13-10-25-15-27)20(29)14-17-5-7-18(30-2)8-6-17;/h4-10,13,15H,3,11-12,14H2,1-2H3;1H. The van der Waals surface area contributed by atoms with E-state index in [1.165, 1.54) is 11.3 Å². The van der Waals surface area contributed by atoms with Crippen LogP contribution < -0.4 is 9.64 Å². The highest BCUT2D eigenvalue weighted by molar-refractivity contribution is 7.23. The molecule has 0 bridgehead atoms. The number of amides is 1. The van der Waals surface area contributed by atoms with Gasteiger partial charge in [-0.05, 0) is 42.7 Å². The van der Waals surface area contributed by atoms with Crippen molar-refractivity contribution in [2.45, 2.75) is 26.3 Å². The molecule has 0 radical (unpaired) electrons. The van der Waals surface area contributed by atoms with Gasteiger partial charge in [0.25, 0.3) is 0 Å². The number of anilines is 1. The Kier molecular flexibility index (Phi) is 8.12. The summed E-state index contributed by atoms with van der Waals surface area (Å²) in [7, 11) is 1.63. The average molecular weight is 491 g/mol. The Morgan fingerprint density at radius 1 is 1.22 bits per heavy atom. The third kappa shape index (κ3) is 5.41. The summed E-state index contributed by atoms with van der Waals surface area (Å²) in [5.41, 5.74) is 2.83. The van der Waals surface area contributed by atoms with E-state index in [9.17, 15) is 4.79 Å². The summed E-state index contributed by atoms with van der Waals surface area (Å²) in [5, 5.41) is 1.33. The maximum Gasteiger partial charge on any atom is 0.233 e.